The Bertz CT molecular complexity index is 1030. The number of carbonyl (C=O) groups is 3. The molecule has 2 aromatic carbocycles. The fourth-order valence-corrected chi connectivity index (χ4v) is 3.97. The summed E-state index contributed by atoms with van der Waals surface area (Å²) in [6, 6.07) is 13.9. The van der Waals surface area contributed by atoms with Crippen LogP contribution in [-0.2, 0) is 16.0 Å². The number of benzene rings is 2. The molecule has 1 atom stereocenters. The second-order valence-corrected chi connectivity index (χ2v) is 8.39. The minimum Gasteiger partial charge on any atom is -0.497 e. The first kappa shape index (κ1) is 28.4. The number of likely N-dealkylation sites (tertiary alicyclic amines) is 1. The molecule has 1 aliphatic heterocycles. The van der Waals surface area contributed by atoms with Gasteiger partial charge in [0, 0.05) is 35.5 Å². The van der Waals surface area contributed by atoms with Crippen LogP contribution in [0.1, 0.15) is 41.6 Å². The number of nitrogens with one attached hydrogen (secondary N) is 1. The first-order valence-corrected chi connectivity index (χ1v) is 11.7. The maximum atomic E-state index is 12.8. The van der Waals surface area contributed by atoms with Crippen molar-refractivity contribution in [1.29, 1.82) is 0 Å². The van der Waals surface area contributed by atoms with E-state index in [1.165, 1.54) is 31.4 Å². The molecule has 1 heterocycles. The number of carbonyl (C=O) groups excluding carboxylic acids is 1. The third-order valence-electron chi connectivity index (χ3n) is 5.92. The molecule has 0 spiro atoms. The molecule has 1 saturated heterocycles. The lowest BCUT2D eigenvalue weighted by Gasteiger charge is -2.32. The fourth-order valence-electron chi connectivity index (χ4n) is 3.97. The van der Waals surface area contributed by atoms with Gasteiger partial charge in [0.05, 0.1) is 14.2 Å². The third-order valence-corrected chi connectivity index (χ3v) is 5.92. The van der Waals surface area contributed by atoms with Gasteiger partial charge in [-0.2, -0.15) is 0 Å². The molecule has 0 saturated carbocycles. The normalized spacial score (nSPS) is 15.5. The lowest BCUT2D eigenvalue weighted by atomic mass is 9.96. The van der Waals surface area contributed by atoms with E-state index >= 15 is 0 Å². The number of piperidine rings is 1. The lowest BCUT2D eigenvalue weighted by molar-refractivity contribution is -0.134. The summed E-state index contributed by atoms with van der Waals surface area (Å²) < 4.78 is 10.5. The molecule has 1 unspecified atom stereocenters. The van der Waals surface area contributed by atoms with Crippen LogP contribution in [0.4, 0.5) is 5.69 Å². The smallest absolute Gasteiger partial charge is 0.328 e. The van der Waals surface area contributed by atoms with Crippen molar-refractivity contribution >= 4 is 23.5 Å². The first-order chi connectivity index (χ1) is 17.2. The highest BCUT2D eigenvalue weighted by molar-refractivity contribution is 6.05. The molecule has 3 N–H and O–H groups in total. The quantitative estimate of drug-likeness (QED) is 0.442. The van der Waals surface area contributed by atoms with Crippen molar-refractivity contribution < 1.29 is 34.1 Å². The number of nitrogens with zero attached hydrogens (tertiary/aromatic N) is 1. The van der Waals surface area contributed by atoms with Gasteiger partial charge in [0.1, 0.15) is 11.5 Å². The molecule has 0 aliphatic carbocycles. The van der Waals surface area contributed by atoms with Crippen LogP contribution in [0.2, 0.25) is 0 Å². The molecule has 36 heavy (non-hydrogen) atoms. The Morgan fingerprint density at radius 3 is 2.17 bits per heavy atom. The fraction of sp³-hybridized carbons (Fsp3) is 0.370. The molecule has 3 rings (SSSR count). The number of methoxy groups -OCH3 is 2. The van der Waals surface area contributed by atoms with Crippen molar-refractivity contribution in [1.82, 2.24) is 4.90 Å². The molecule has 1 amide bonds. The SMILES string of the molecule is COc1cc(OC)cc(C(=O)Nc2ccccc2CCC2CCCCN2C)c1.O=C(O)C=CC(=O)O. The molecule has 194 valence electrons. The van der Waals surface area contributed by atoms with Crippen LogP contribution in [0.25, 0.3) is 0 Å². The molecule has 9 heteroatoms. The van der Waals surface area contributed by atoms with Gasteiger partial charge >= 0.3 is 11.9 Å². The van der Waals surface area contributed by atoms with E-state index in [4.69, 9.17) is 19.7 Å². The number of ether oxygens (including phenoxy) is 2. The number of para-hydroxylation sites is 1. The zero-order valence-corrected chi connectivity index (χ0v) is 20.9. The summed E-state index contributed by atoms with van der Waals surface area (Å²) in [6.45, 7) is 1.18. The number of aryl methyl sites for hydroxylation is 1. The number of aliphatic carboxylic acids is 2. The summed E-state index contributed by atoms with van der Waals surface area (Å²) >= 11 is 0. The highest BCUT2D eigenvalue weighted by Crippen LogP contribution is 2.26. The van der Waals surface area contributed by atoms with E-state index in [9.17, 15) is 14.4 Å². The highest BCUT2D eigenvalue weighted by atomic mass is 16.5. The monoisotopic (exact) mass is 498 g/mol. The number of carboxylic acid groups (broad SMARTS) is 2. The van der Waals surface area contributed by atoms with Gasteiger partial charge in [-0.25, -0.2) is 9.59 Å². The topological polar surface area (TPSA) is 125 Å². The third kappa shape index (κ3) is 9.42. The Balaban J connectivity index is 0.000000493. The maximum Gasteiger partial charge on any atom is 0.328 e. The molecule has 2 aromatic rings. The number of hydrogen-bond donors (Lipinski definition) is 3. The summed E-state index contributed by atoms with van der Waals surface area (Å²) in [4.78, 5) is 34.4. The van der Waals surface area contributed by atoms with Gasteiger partial charge in [0.25, 0.3) is 5.91 Å². The number of amides is 1. The van der Waals surface area contributed by atoms with E-state index in [1.807, 2.05) is 18.2 Å². The molecule has 1 aliphatic rings. The molecular weight excluding hydrogens is 464 g/mol. The summed E-state index contributed by atoms with van der Waals surface area (Å²) in [5.74, 6) is -1.49. The Kier molecular flexibility index (Phi) is 11.5. The Hall–Kier alpha value is -3.85. The van der Waals surface area contributed by atoms with Crippen molar-refractivity contribution in [3.63, 3.8) is 0 Å². The van der Waals surface area contributed by atoms with Gasteiger partial charge in [0.2, 0.25) is 0 Å². The van der Waals surface area contributed by atoms with Crippen LogP contribution >= 0.6 is 0 Å². The number of hydrogen-bond acceptors (Lipinski definition) is 6. The van der Waals surface area contributed by atoms with Crippen molar-refractivity contribution in [2.45, 2.75) is 38.1 Å². The average Bonchev–Trinajstić information content (AvgIpc) is 2.87. The van der Waals surface area contributed by atoms with Crippen molar-refractivity contribution in [3.8, 4) is 11.5 Å². The predicted octanol–water partition coefficient (Wildman–Crippen LogP) is 4.08. The molecule has 9 nitrogen and oxygen atoms in total. The van der Waals surface area contributed by atoms with Gasteiger partial charge in [-0.1, -0.05) is 24.6 Å². The Morgan fingerprint density at radius 2 is 1.61 bits per heavy atom. The summed E-state index contributed by atoms with van der Waals surface area (Å²) in [6.07, 6.45) is 7.04. The van der Waals surface area contributed by atoms with E-state index in [-0.39, 0.29) is 5.91 Å². The average molecular weight is 499 g/mol. The standard InChI is InChI=1S/C23H30N2O3.C4H4O4/c1-25-13-7-6-9-19(25)12-11-17-8-4-5-10-22(17)24-23(26)18-14-20(27-2)16-21(15-18)28-3;5-3(6)1-2-4(7)8/h4-5,8,10,14-16,19H,6-7,9,11-13H2,1-3H3,(H,24,26);1-2H,(H,5,6)(H,7,8). The summed E-state index contributed by atoms with van der Waals surface area (Å²) in [5.41, 5.74) is 2.55. The minimum atomic E-state index is -1.26. The summed E-state index contributed by atoms with van der Waals surface area (Å²) in [5, 5.41) is 18.7. The van der Waals surface area contributed by atoms with Gasteiger partial charge in [-0.05, 0) is 63.0 Å². The largest absolute Gasteiger partial charge is 0.497 e. The summed E-state index contributed by atoms with van der Waals surface area (Å²) in [7, 11) is 5.37. The van der Waals surface area contributed by atoms with Gasteiger partial charge in [-0.15, -0.1) is 0 Å². The predicted molar refractivity (Wildman–Crippen MR) is 137 cm³/mol. The van der Waals surface area contributed by atoms with Crippen molar-refractivity contribution in [3.05, 3.63) is 65.7 Å². The van der Waals surface area contributed by atoms with Gasteiger partial charge in [-0.3, -0.25) is 4.79 Å². The molecule has 1 fully saturated rings. The minimum absolute atomic E-state index is 0.167. The number of carboxylic acids is 2. The zero-order chi connectivity index (χ0) is 26.5. The van der Waals surface area contributed by atoms with Crippen LogP contribution in [0, 0.1) is 0 Å². The van der Waals surface area contributed by atoms with Crippen LogP contribution in [0.5, 0.6) is 11.5 Å². The van der Waals surface area contributed by atoms with E-state index in [0.717, 1.165) is 18.5 Å². The lowest BCUT2D eigenvalue weighted by Crippen LogP contribution is -2.36. The van der Waals surface area contributed by atoms with E-state index in [0.29, 0.717) is 35.3 Å². The van der Waals surface area contributed by atoms with Crippen LogP contribution in [0.15, 0.2) is 54.6 Å². The van der Waals surface area contributed by atoms with E-state index < -0.39 is 11.9 Å². The molecule has 0 bridgehead atoms. The van der Waals surface area contributed by atoms with Gasteiger partial charge < -0.3 is 29.9 Å². The molecule has 0 aromatic heterocycles. The van der Waals surface area contributed by atoms with Crippen molar-refractivity contribution in [2.24, 2.45) is 0 Å². The zero-order valence-electron chi connectivity index (χ0n) is 20.9. The Labute approximate surface area is 211 Å². The van der Waals surface area contributed by atoms with E-state index in [1.54, 1.807) is 32.4 Å². The van der Waals surface area contributed by atoms with Crippen molar-refractivity contribution in [2.75, 3.05) is 33.1 Å². The number of anilines is 1. The van der Waals surface area contributed by atoms with E-state index in [2.05, 4.69) is 23.3 Å². The molecule has 0 radical (unpaired) electrons. The maximum absolute atomic E-state index is 12.8. The first-order valence-electron chi connectivity index (χ1n) is 11.7. The van der Waals surface area contributed by atoms with Gasteiger partial charge in [0.15, 0.2) is 0 Å². The number of rotatable bonds is 9. The van der Waals surface area contributed by atoms with Crippen LogP contribution in [0.3, 0.4) is 0 Å². The molecular formula is C27H34N2O7. The highest BCUT2D eigenvalue weighted by Gasteiger charge is 2.19. The van der Waals surface area contributed by atoms with Crippen LogP contribution in [-0.4, -0.2) is 66.8 Å². The second-order valence-electron chi connectivity index (χ2n) is 8.39. The second kappa shape index (κ2) is 14.5. The van der Waals surface area contributed by atoms with Crippen LogP contribution < -0.4 is 14.8 Å². The Morgan fingerprint density at radius 1 is 1.00 bits per heavy atom.